The summed E-state index contributed by atoms with van der Waals surface area (Å²) in [5.41, 5.74) is 0. The summed E-state index contributed by atoms with van der Waals surface area (Å²) in [6.45, 7) is 6.13. The maximum Gasteiger partial charge on any atom is 0.0410 e. The second-order valence-electron chi connectivity index (χ2n) is 1.98. The minimum Gasteiger partial charge on any atom is -0.385 e. The molecule has 0 saturated heterocycles. The van der Waals surface area contributed by atoms with Crippen molar-refractivity contribution in [1.29, 1.82) is 0 Å². The normalized spacial score (nSPS) is 15.0. The molecule has 0 saturated carbocycles. The molecular formula is C8H15N. The van der Waals surface area contributed by atoms with Crippen LogP contribution in [0.1, 0.15) is 20.8 Å². The predicted octanol–water partition coefficient (Wildman–Crippen LogP) is 2.07. The van der Waals surface area contributed by atoms with Crippen LogP contribution < -0.4 is 5.32 Å². The van der Waals surface area contributed by atoms with Crippen molar-refractivity contribution in [3.05, 3.63) is 24.4 Å². The van der Waals surface area contributed by atoms with Gasteiger partial charge in [-0.15, -0.1) is 0 Å². The molecule has 0 aliphatic rings. The molecule has 1 unspecified atom stereocenters. The van der Waals surface area contributed by atoms with E-state index in [-0.39, 0.29) is 0 Å². The van der Waals surface area contributed by atoms with Gasteiger partial charge in [0, 0.05) is 6.04 Å². The zero-order valence-electron chi connectivity index (χ0n) is 6.39. The molecule has 0 amide bonds. The third kappa shape index (κ3) is 5.15. The number of hydrogen-bond acceptors (Lipinski definition) is 1. The summed E-state index contributed by atoms with van der Waals surface area (Å²) in [6.07, 6.45) is 8.09. The Morgan fingerprint density at radius 3 is 2.33 bits per heavy atom. The molecule has 0 aromatic rings. The molecule has 0 aromatic carbocycles. The van der Waals surface area contributed by atoms with E-state index in [9.17, 15) is 0 Å². The minimum atomic E-state index is 0.450. The lowest BCUT2D eigenvalue weighted by atomic mass is 10.3. The van der Waals surface area contributed by atoms with Crippen molar-refractivity contribution in [3.63, 3.8) is 0 Å². The molecule has 1 heteroatoms. The van der Waals surface area contributed by atoms with Gasteiger partial charge in [0.05, 0.1) is 0 Å². The third-order valence-electron chi connectivity index (χ3n) is 1.01. The van der Waals surface area contributed by atoms with E-state index in [1.807, 2.05) is 32.2 Å². The second-order valence-corrected chi connectivity index (χ2v) is 1.98. The van der Waals surface area contributed by atoms with Crippen molar-refractivity contribution in [2.24, 2.45) is 0 Å². The van der Waals surface area contributed by atoms with Gasteiger partial charge in [0.1, 0.15) is 0 Å². The summed E-state index contributed by atoms with van der Waals surface area (Å²) in [6, 6.07) is 0.450. The molecule has 52 valence electrons. The lowest BCUT2D eigenvalue weighted by Gasteiger charge is -2.03. The molecule has 0 rings (SSSR count). The highest BCUT2D eigenvalue weighted by molar-refractivity contribution is 4.91. The van der Waals surface area contributed by atoms with Gasteiger partial charge in [0.15, 0.2) is 0 Å². The van der Waals surface area contributed by atoms with Crippen molar-refractivity contribution >= 4 is 0 Å². The van der Waals surface area contributed by atoms with Crippen LogP contribution in [0.4, 0.5) is 0 Å². The first kappa shape index (κ1) is 8.28. The fourth-order valence-corrected chi connectivity index (χ4v) is 0.592. The number of rotatable bonds is 3. The molecule has 0 fully saturated rings. The fourth-order valence-electron chi connectivity index (χ4n) is 0.592. The first-order valence-electron chi connectivity index (χ1n) is 3.31. The average molecular weight is 125 g/mol. The van der Waals surface area contributed by atoms with Crippen LogP contribution in [0.3, 0.4) is 0 Å². The van der Waals surface area contributed by atoms with Crippen molar-refractivity contribution in [2.45, 2.75) is 26.8 Å². The van der Waals surface area contributed by atoms with Crippen molar-refractivity contribution < 1.29 is 0 Å². The Kier molecular flexibility index (Phi) is 4.98. The molecule has 0 aliphatic carbocycles. The van der Waals surface area contributed by atoms with Gasteiger partial charge >= 0.3 is 0 Å². The quantitative estimate of drug-likeness (QED) is 0.569. The van der Waals surface area contributed by atoms with Gasteiger partial charge in [-0.25, -0.2) is 0 Å². The lowest BCUT2D eigenvalue weighted by Crippen LogP contribution is -2.16. The van der Waals surface area contributed by atoms with Crippen LogP contribution in [0.15, 0.2) is 24.4 Å². The average Bonchev–Trinajstić information content (AvgIpc) is 1.85. The summed E-state index contributed by atoms with van der Waals surface area (Å²) < 4.78 is 0. The smallest absolute Gasteiger partial charge is 0.0410 e. The van der Waals surface area contributed by atoms with Gasteiger partial charge in [-0.2, -0.15) is 0 Å². The highest BCUT2D eigenvalue weighted by Gasteiger charge is 1.85. The highest BCUT2D eigenvalue weighted by Crippen LogP contribution is 1.82. The standard InChI is InChI=1S/C8H15N/c1-4-6-8(3)9-7-5-2/h4-9H,1-3H3/b6-4-,7-5-. The Hall–Kier alpha value is -0.720. The van der Waals surface area contributed by atoms with Crippen molar-refractivity contribution in [1.82, 2.24) is 5.32 Å². The molecule has 0 heterocycles. The molecule has 0 spiro atoms. The molecule has 0 aromatic heterocycles. The summed E-state index contributed by atoms with van der Waals surface area (Å²) in [5.74, 6) is 0. The topological polar surface area (TPSA) is 12.0 Å². The van der Waals surface area contributed by atoms with Gasteiger partial charge in [-0.05, 0) is 27.0 Å². The summed E-state index contributed by atoms with van der Waals surface area (Å²) in [4.78, 5) is 0. The summed E-state index contributed by atoms with van der Waals surface area (Å²) in [5, 5.41) is 3.17. The Labute approximate surface area is 57.5 Å². The maximum atomic E-state index is 3.17. The first-order chi connectivity index (χ1) is 4.31. The number of allylic oxidation sites excluding steroid dienone is 2. The molecule has 1 N–H and O–H groups in total. The van der Waals surface area contributed by atoms with E-state index < -0.39 is 0 Å². The van der Waals surface area contributed by atoms with Crippen LogP contribution >= 0.6 is 0 Å². The van der Waals surface area contributed by atoms with E-state index >= 15 is 0 Å². The zero-order chi connectivity index (χ0) is 7.11. The molecule has 9 heavy (non-hydrogen) atoms. The van der Waals surface area contributed by atoms with E-state index in [4.69, 9.17) is 0 Å². The monoisotopic (exact) mass is 125 g/mol. The van der Waals surface area contributed by atoms with Crippen LogP contribution in [0.5, 0.6) is 0 Å². The van der Waals surface area contributed by atoms with Crippen LogP contribution in [0.25, 0.3) is 0 Å². The third-order valence-corrected chi connectivity index (χ3v) is 1.01. The minimum absolute atomic E-state index is 0.450. The van der Waals surface area contributed by atoms with E-state index in [0.29, 0.717) is 6.04 Å². The fraction of sp³-hybridized carbons (Fsp3) is 0.500. The van der Waals surface area contributed by atoms with E-state index in [1.54, 1.807) is 0 Å². The molecule has 1 atom stereocenters. The van der Waals surface area contributed by atoms with Crippen LogP contribution in [0.2, 0.25) is 0 Å². The number of hydrogen-bond donors (Lipinski definition) is 1. The van der Waals surface area contributed by atoms with Gasteiger partial charge < -0.3 is 5.32 Å². The van der Waals surface area contributed by atoms with Gasteiger partial charge in [0.2, 0.25) is 0 Å². The number of nitrogens with one attached hydrogen (secondary N) is 1. The second kappa shape index (κ2) is 5.42. The van der Waals surface area contributed by atoms with Crippen molar-refractivity contribution in [3.8, 4) is 0 Å². The molecule has 0 radical (unpaired) electrons. The summed E-state index contributed by atoms with van der Waals surface area (Å²) in [7, 11) is 0. The largest absolute Gasteiger partial charge is 0.385 e. The van der Waals surface area contributed by atoms with Crippen LogP contribution in [-0.4, -0.2) is 6.04 Å². The molecule has 1 nitrogen and oxygen atoms in total. The Bertz CT molecular complexity index is 103. The maximum absolute atomic E-state index is 3.17. The van der Waals surface area contributed by atoms with E-state index in [0.717, 1.165) is 0 Å². The Balaban J connectivity index is 3.37. The SMILES string of the molecule is C/C=C\NC(C)/C=C\C. The van der Waals surface area contributed by atoms with Gasteiger partial charge in [0.25, 0.3) is 0 Å². The Morgan fingerprint density at radius 1 is 1.22 bits per heavy atom. The molecular weight excluding hydrogens is 110 g/mol. The van der Waals surface area contributed by atoms with Gasteiger partial charge in [-0.3, -0.25) is 0 Å². The summed E-state index contributed by atoms with van der Waals surface area (Å²) >= 11 is 0. The van der Waals surface area contributed by atoms with Crippen LogP contribution in [0, 0.1) is 0 Å². The zero-order valence-corrected chi connectivity index (χ0v) is 6.39. The molecule has 0 aliphatic heterocycles. The van der Waals surface area contributed by atoms with Gasteiger partial charge in [-0.1, -0.05) is 18.2 Å². The lowest BCUT2D eigenvalue weighted by molar-refractivity contribution is 0.768. The predicted molar refractivity (Wildman–Crippen MR) is 42.2 cm³/mol. The Morgan fingerprint density at radius 2 is 1.89 bits per heavy atom. The van der Waals surface area contributed by atoms with E-state index in [1.165, 1.54) is 0 Å². The highest BCUT2D eigenvalue weighted by atomic mass is 14.9. The van der Waals surface area contributed by atoms with E-state index in [2.05, 4.69) is 18.3 Å². The molecule has 0 bridgehead atoms. The first-order valence-corrected chi connectivity index (χ1v) is 3.31. The van der Waals surface area contributed by atoms with Crippen LogP contribution in [-0.2, 0) is 0 Å². The van der Waals surface area contributed by atoms with Crippen molar-refractivity contribution in [2.75, 3.05) is 0 Å².